The molecule has 0 aromatic heterocycles. The van der Waals surface area contributed by atoms with Crippen molar-refractivity contribution in [2.24, 2.45) is 0 Å². The lowest BCUT2D eigenvalue weighted by molar-refractivity contribution is -0.115. The van der Waals surface area contributed by atoms with Crippen molar-refractivity contribution in [3.8, 4) is 0 Å². The van der Waals surface area contributed by atoms with E-state index in [2.05, 4.69) is 15.4 Å². The van der Waals surface area contributed by atoms with Gasteiger partial charge in [-0.05, 0) is 36.8 Å². The predicted molar refractivity (Wildman–Crippen MR) is 109 cm³/mol. The number of hydrogen-bond donors (Lipinski definition) is 3. The third kappa shape index (κ3) is 7.18. The minimum atomic E-state index is -3.76. The maximum atomic E-state index is 12.7. The fraction of sp³-hybridized carbons (Fsp3) is 0.278. The summed E-state index contributed by atoms with van der Waals surface area (Å²) in [5.74, 6) is -0.260. The maximum absolute atomic E-state index is 12.7. The number of carbonyl (C=O) groups is 1. The minimum Gasteiger partial charge on any atom is -0.383 e. The fourth-order valence-electron chi connectivity index (χ4n) is 2.27. The summed E-state index contributed by atoms with van der Waals surface area (Å²) < 4.78 is 32.7. The molecule has 2 rings (SSSR count). The molecule has 0 atom stereocenters. The Morgan fingerprint density at radius 2 is 1.78 bits per heavy atom. The molecule has 7 nitrogen and oxygen atoms in total. The van der Waals surface area contributed by atoms with Gasteiger partial charge in [0, 0.05) is 25.0 Å². The zero-order valence-corrected chi connectivity index (χ0v) is 16.8. The highest BCUT2D eigenvalue weighted by Gasteiger charge is 2.18. The van der Waals surface area contributed by atoms with Gasteiger partial charge in [0.1, 0.15) is 0 Å². The van der Waals surface area contributed by atoms with Gasteiger partial charge in [-0.15, -0.1) is 12.4 Å². The van der Waals surface area contributed by atoms with Gasteiger partial charge in [-0.3, -0.25) is 9.52 Å². The second kappa shape index (κ2) is 10.9. The Balaban J connectivity index is 0.00000364. The van der Waals surface area contributed by atoms with E-state index in [0.717, 1.165) is 0 Å². The number of amides is 1. The van der Waals surface area contributed by atoms with E-state index in [1.807, 2.05) is 0 Å². The Kier molecular flexibility index (Phi) is 9.23. The van der Waals surface area contributed by atoms with Gasteiger partial charge in [-0.2, -0.15) is 0 Å². The molecule has 148 valence electrons. The second-order valence-corrected chi connectivity index (χ2v) is 7.32. The van der Waals surface area contributed by atoms with Crippen LogP contribution < -0.4 is 15.4 Å². The zero-order valence-electron chi connectivity index (χ0n) is 15.2. The minimum absolute atomic E-state index is 0. The van der Waals surface area contributed by atoms with Crippen molar-refractivity contribution in [2.45, 2.75) is 11.8 Å². The topological polar surface area (TPSA) is 96.5 Å². The van der Waals surface area contributed by atoms with Crippen LogP contribution in [0.4, 0.5) is 11.4 Å². The third-order valence-corrected chi connectivity index (χ3v) is 5.08. The average molecular weight is 414 g/mol. The summed E-state index contributed by atoms with van der Waals surface area (Å²) in [6.45, 7) is 2.88. The normalized spacial score (nSPS) is 10.7. The van der Waals surface area contributed by atoms with Crippen LogP contribution in [0.5, 0.6) is 0 Å². The van der Waals surface area contributed by atoms with Crippen molar-refractivity contribution in [3.05, 3.63) is 54.1 Å². The van der Waals surface area contributed by atoms with Crippen molar-refractivity contribution in [1.29, 1.82) is 0 Å². The van der Waals surface area contributed by atoms with Crippen LogP contribution in [0, 0.1) is 6.92 Å². The van der Waals surface area contributed by atoms with Crippen LogP contribution in [-0.4, -0.2) is 41.1 Å². The first-order valence-corrected chi connectivity index (χ1v) is 9.59. The second-order valence-electron chi connectivity index (χ2n) is 5.67. The smallest absolute Gasteiger partial charge is 0.262 e. The molecule has 0 spiro atoms. The predicted octanol–water partition coefficient (Wildman–Crippen LogP) is 2.39. The number of benzene rings is 2. The molecule has 2 aromatic rings. The lowest BCUT2D eigenvalue weighted by Crippen LogP contribution is -2.30. The van der Waals surface area contributed by atoms with E-state index in [1.165, 1.54) is 6.07 Å². The Morgan fingerprint density at radius 3 is 2.44 bits per heavy atom. The van der Waals surface area contributed by atoms with Crippen LogP contribution in [0.2, 0.25) is 0 Å². The number of aryl methyl sites for hydroxylation is 1. The summed E-state index contributed by atoms with van der Waals surface area (Å²) >= 11 is 0. The van der Waals surface area contributed by atoms with Gasteiger partial charge in [0.2, 0.25) is 5.91 Å². The summed E-state index contributed by atoms with van der Waals surface area (Å²) in [5, 5.41) is 5.62. The first-order chi connectivity index (χ1) is 12.4. The van der Waals surface area contributed by atoms with Crippen LogP contribution in [0.3, 0.4) is 0 Å². The summed E-state index contributed by atoms with van der Waals surface area (Å²) in [4.78, 5) is 12.1. The first kappa shape index (κ1) is 22.9. The number of methoxy groups -OCH3 is 1. The molecule has 0 radical (unpaired) electrons. The molecular weight excluding hydrogens is 390 g/mol. The molecule has 2 aromatic carbocycles. The van der Waals surface area contributed by atoms with Gasteiger partial charge in [0.15, 0.2) is 0 Å². The number of para-hydroxylation sites is 1. The fourth-order valence-corrected chi connectivity index (χ4v) is 3.60. The molecule has 0 saturated carbocycles. The van der Waals surface area contributed by atoms with Gasteiger partial charge >= 0.3 is 0 Å². The highest BCUT2D eigenvalue weighted by molar-refractivity contribution is 7.92. The number of hydrogen-bond acceptors (Lipinski definition) is 5. The Bertz CT molecular complexity index is 845. The van der Waals surface area contributed by atoms with Crippen LogP contribution in [-0.2, 0) is 19.6 Å². The lowest BCUT2D eigenvalue weighted by atomic mass is 10.2. The highest BCUT2D eigenvalue weighted by Crippen LogP contribution is 2.22. The molecule has 0 heterocycles. The molecular formula is C18H24ClN3O4S. The number of nitrogens with one attached hydrogen (secondary N) is 3. The van der Waals surface area contributed by atoms with E-state index in [-0.39, 0.29) is 29.8 Å². The zero-order chi connectivity index (χ0) is 19.0. The summed E-state index contributed by atoms with van der Waals surface area (Å²) in [5.41, 5.74) is 1.48. The largest absolute Gasteiger partial charge is 0.383 e. The number of ether oxygens (including phenoxy) is 1. The Labute approximate surface area is 166 Å². The molecule has 1 amide bonds. The lowest BCUT2D eigenvalue weighted by Gasteiger charge is -2.13. The van der Waals surface area contributed by atoms with Crippen molar-refractivity contribution in [1.82, 2.24) is 5.32 Å². The van der Waals surface area contributed by atoms with Crippen LogP contribution in [0.25, 0.3) is 0 Å². The molecule has 0 saturated heterocycles. The van der Waals surface area contributed by atoms with Gasteiger partial charge in [0.05, 0.1) is 18.0 Å². The molecule has 0 fully saturated rings. The van der Waals surface area contributed by atoms with Crippen LogP contribution >= 0.6 is 12.4 Å². The standard InChI is InChI=1S/C18H23N3O4S.ClH/c1-14-8-9-16(20-18(22)13-19-10-11-25-2)12-17(14)26(23,24)21-15-6-4-3-5-7-15;/h3-9,12,19,21H,10-11,13H2,1-2H3,(H,20,22);1H. The van der Waals surface area contributed by atoms with Gasteiger partial charge in [-0.1, -0.05) is 24.3 Å². The quantitative estimate of drug-likeness (QED) is 0.548. The van der Waals surface area contributed by atoms with Crippen LogP contribution in [0.15, 0.2) is 53.4 Å². The molecule has 0 aliphatic rings. The molecule has 0 aliphatic carbocycles. The summed E-state index contributed by atoms with van der Waals surface area (Å²) in [6.07, 6.45) is 0. The van der Waals surface area contributed by atoms with Gasteiger partial charge in [0.25, 0.3) is 10.0 Å². The molecule has 3 N–H and O–H groups in total. The number of rotatable bonds is 9. The first-order valence-electron chi connectivity index (χ1n) is 8.10. The molecule has 27 heavy (non-hydrogen) atoms. The summed E-state index contributed by atoms with van der Waals surface area (Å²) in [7, 11) is -2.18. The van der Waals surface area contributed by atoms with Crippen molar-refractivity contribution >= 4 is 39.7 Å². The van der Waals surface area contributed by atoms with Crippen molar-refractivity contribution < 1.29 is 17.9 Å². The number of sulfonamides is 1. The molecule has 9 heteroatoms. The summed E-state index contributed by atoms with van der Waals surface area (Å²) in [6, 6.07) is 13.4. The van der Waals surface area contributed by atoms with E-state index >= 15 is 0 Å². The highest BCUT2D eigenvalue weighted by atomic mass is 35.5. The maximum Gasteiger partial charge on any atom is 0.262 e. The Hall–Kier alpha value is -2.13. The van der Waals surface area contributed by atoms with Gasteiger partial charge in [-0.25, -0.2) is 8.42 Å². The van der Waals surface area contributed by atoms with E-state index in [4.69, 9.17) is 4.74 Å². The van der Waals surface area contributed by atoms with E-state index in [1.54, 1.807) is 56.5 Å². The van der Waals surface area contributed by atoms with E-state index in [9.17, 15) is 13.2 Å². The number of halogens is 1. The molecule has 0 bridgehead atoms. The van der Waals surface area contributed by atoms with Crippen molar-refractivity contribution in [2.75, 3.05) is 36.8 Å². The number of carbonyl (C=O) groups excluding carboxylic acids is 1. The third-order valence-electron chi connectivity index (χ3n) is 3.56. The van der Waals surface area contributed by atoms with Crippen molar-refractivity contribution in [3.63, 3.8) is 0 Å². The van der Waals surface area contributed by atoms with E-state index in [0.29, 0.717) is 30.1 Å². The Morgan fingerprint density at radius 1 is 1.07 bits per heavy atom. The monoisotopic (exact) mass is 413 g/mol. The average Bonchev–Trinajstić information content (AvgIpc) is 2.61. The molecule has 0 aliphatic heterocycles. The molecule has 0 unspecified atom stereocenters. The number of anilines is 2. The van der Waals surface area contributed by atoms with E-state index < -0.39 is 10.0 Å². The van der Waals surface area contributed by atoms with Gasteiger partial charge < -0.3 is 15.4 Å². The van der Waals surface area contributed by atoms with Crippen LogP contribution in [0.1, 0.15) is 5.56 Å². The SMILES string of the molecule is COCCNCC(=O)Nc1ccc(C)c(S(=O)(=O)Nc2ccccc2)c1.Cl.